The Morgan fingerprint density at radius 2 is 2.18 bits per heavy atom. The van der Waals surface area contributed by atoms with Crippen LogP contribution in [0.1, 0.15) is 44.5 Å². The van der Waals surface area contributed by atoms with Gasteiger partial charge in [-0.2, -0.15) is 0 Å². The van der Waals surface area contributed by atoms with E-state index >= 15 is 0 Å². The van der Waals surface area contributed by atoms with Crippen molar-refractivity contribution < 1.29 is 9.53 Å². The number of imidazole rings is 1. The lowest BCUT2D eigenvalue weighted by molar-refractivity contribution is 0.0292. The van der Waals surface area contributed by atoms with Crippen LogP contribution in [0.15, 0.2) is 18.2 Å². The molecule has 1 unspecified atom stereocenters. The molecule has 1 aromatic carbocycles. The molecule has 1 aliphatic heterocycles. The zero-order chi connectivity index (χ0) is 15.9. The van der Waals surface area contributed by atoms with E-state index in [1.807, 2.05) is 26.8 Å². The molecule has 0 saturated carbocycles. The maximum atomic E-state index is 12.1. The first-order valence-electron chi connectivity index (χ1n) is 7.76. The van der Waals surface area contributed by atoms with Crippen molar-refractivity contribution in [3.05, 3.63) is 29.6 Å². The van der Waals surface area contributed by atoms with Crippen LogP contribution in [-0.2, 0) is 4.74 Å². The van der Waals surface area contributed by atoms with E-state index < -0.39 is 5.60 Å². The van der Waals surface area contributed by atoms with Crippen molar-refractivity contribution in [2.75, 3.05) is 13.1 Å². The van der Waals surface area contributed by atoms with Gasteiger partial charge in [0.2, 0.25) is 0 Å². The van der Waals surface area contributed by atoms with Gasteiger partial charge in [0, 0.05) is 19.0 Å². The molecule has 2 heterocycles. The number of hydrogen-bond donors (Lipinski definition) is 1. The highest BCUT2D eigenvalue weighted by atomic mass is 16.6. The first kappa shape index (κ1) is 14.9. The first-order valence-corrected chi connectivity index (χ1v) is 7.76. The largest absolute Gasteiger partial charge is 0.444 e. The monoisotopic (exact) mass is 301 g/mol. The number of hydrogen-bond acceptors (Lipinski definition) is 3. The Balaban J connectivity index is 1.72. The van der Waals surface area contributed by atoms with E-state index in [9.17, 15) is 4.79 Å². The van der Waals surface area contributed by atoms with Gasteiger partial charge in [-0.25, -0.2) is 9.78 Å². The molecule has 0 aliphatic carbocycles. The van der Waals surface area contributed by atoms with Gasteiger partial charge >= 0.3 is 6.09 Å². The highest BCUT2D eigenvalue weighted by molar-refractivity contribution is 5.76. The van der Waals surface area contributed by atoms with E-state index in [2.05, 4.69) is 29.0 Å². The van der Waals surface area contributed by atoms with Crippen molar-refractivity contribution >= 4 is 17.1 Å². The van der Waals surface area contributed by atoms with E-state index in [0.717, 1.165) is 29.8 Å². The van der Waals surface area contributed by atoms with Crippen molar-refractivity contribution in [1.29, 1.82) is 0 Å². The second-order valence-electron chi connectivity index (χ2n) is 7.05. The SMILES string of the molecule is Cc1ccc2nc(C3CCN(C(=O)OC(C)(C)C)C3)[nH]c2c1. The first-order chi connectivity index (χ1) is 10.3. The molecule has 2 aromatic rings. The molecular weight excluding hydrogens is 278 g/mol. The second kappa shape index (κ2) is 5.30. The van der Waals surface area contributed by atoms with Gasteiger partial charge in [-0.1, -0.05) is 6.07 Å². The molecule has 1 N–H and O–H groups in total. The van der Waals surface area contributed by atoms with Crippen molar-refractivity contribution in [3.8, 4) is 0 Å². The molecule has 1 amide bonds. The van der Waals surface area contributed by atoms with Crippen molar-refractivity contribution in [2.45, 2.75) is 45.6 Å². The summed E-state index contributed by atoms with van der Waals surface area (Å²) in [6, 6.07) is 6.20. The van der Waals surface area contributed by atoms with Gasteiger partial charge in [0.15, 0.2) is 0 Å². The molecule has 5 nitrogen and oxygen atoms in total. The summed E-state index contributed by atoms with van der Waals surface area (Å²) in [4.78, 5) is 22.0. The lowest BCUT2D eigenvalue weighted by Gasteiger charge is -2.24. The Kier molecular flexibility index (Phi) is 3.59. The number of ether oxygens (including phenoxy) is 1. The maximum Gasteiger partial charge on any atom is 0.410 e. The van der Waals surface area contributed by atoms with Gasteiger partial charge in [0.25, 0.3) is 0 Å². The van der Waals surface area contributed by atoms with Crippen LogP contribution in [-0.4, -0.2) is 39.7 Å². The Hall–Kier alpha value is -2.04. The molecular formula is C17H23N3O2. The molecule has 0 spiro atoms. The molecule has 22 heavy (non-hydrogen) atoms. The fraction of sp³-hybridized carbons (Fsp3) is 0.529. The number of nitrogens with zero attached hydrogens (tertiary/aromatic N) is 2. The van der Waals surface area contributed by atoms with Gasteiger partial charge < -0.3 is 14.6 Å². The molecule has 118 valence electrons. The minimum Gasteiger partial charge on any atom is -0.444 e. The summed E-state index contributed by atoms with van der Waals surface area (Å²) < 4.78 is 5.44. The van der Waals surface area contributed by atoms with Crippen LogP contribution >= 0.6 is 0 Å². The number of carbonyl (C=O) groups is 1. The van der Waals surface area contributed by atoms with E-state index in [4.69, 9.17) is 4.74 Å². The summed E-state index contributed by atoms with van der Waals surface area (Å²) in [5.41, 5.74) is 2.80. The van der Waals surface area contributed by atoms with Crippen molar-refractivity contribution in [1.82, 2.24) is 14.9 Å². The fourth-order valence-electron chi connectivity index (χ4n) is 2.81. The summed E-state index contributed by atoms with van der Waals surface area (Å²) in [7, 11) is 0. The van der Waals surface area contributed by atoms with Crippen LogP contribution in [0.25, 0.3) is 11.0 Å². The molecule has 0 radical (unpaired) electrons. The quantitative estimate of drug-likeness (QED) is 0.875. The lowest BCUT2D eigenvalue weighted by Crippen LogP contribution is -2.35. The third kappa shape index (κ3) is 3.08. The Bertz CT molecular complexity index is 699. The molecule has 5 heteroatoms. The summed E-state index contributed by atoms with van der Waals surface area (Å²) in [6.45, 7) is 9.11. The summed E-state index contributed by atoms with van der Waals surface area (Å²) >= 11 is 0. The number of amides is 1. The normalized spacial score (nSPS) is 18.9. The molecule has 1 aliphatic rings. The van der Waals surface area contributed by atoms with Crippen molar-refractivity contribution in [2.24, 2.45) is 0 Å². The number of aromatic amines is 1. The summed E-state index contributed by atoms with van der Waals surface area (Å²) in [6.07, 6.45) is 0.680. The lowest BCUT2D eigenvalue weighted by atomic mass is 10.1. The number of rotatable bonds is 1. The van der Waals surface area contributed by atoms with Crippen molar-refractivity contribution in [3.63, 3.8) is 0 Å². The number of benzene rings is 1. The number of likely N-dealkylation sites (tertiary alicyclic amines) is 1. The average Bonchev–Trinajstić information content (AvgIpc) is 3.02. The van der Waals surface area contributed by atoms with Gasteiger partial charge in [-0.15, -0.1) is 0 Å². The van der Waals surface area contributed by atoms with Gasteiger partial charge in [-0.3, -0.25) is 0 Å². The van der Waals surface area contributed by atoms with Gasteiger partial charge in [0.1, 0.15) is 11.4 Å². The van der Waals surface area contributed by atoms with E-state index in [1.165, 1.54) is 5.56 Å². The average molecular weight is 301 g/mol. The molecule has 1 saturated heterocycles. The zero-order valence-electron chi connectivity index (χ0n) is 13.6. The van der Waals surface area contributed by atoms with Crippen LogP contribution in [0.3, 0.4) is 0 Å². The number of nitrogens with one attached hydrogen (secondary N) is 1. The number of H-pyrrole nitrogens is 1. The predicted octanol–water partition coefficient (Wildman–Crippen LogP) is 3.60. The Morgan fingerprint density at radius 1 is 1.41 bits per heavy atom. The highest BCUT2D eigenvalue weighted by Crippen LogP contribution is 2.28. The van der Waals surface area contributed by atoms with Crippen LogP contribution in [0.4, 0.5) is 4.79 Å². The van der Waals surface area contributed by atoms with Crippen LogP contribution in [0, 0.1) is 6.92 Å². The van der Waals surface area contributed by atoms with E-state index in [0.29, 0.717) is 6.54 Å². The molecule has 1 aromatic heterocycles. The van der Waals surface area contributed by atoms with E-state index in [-0.39, 0.29) is 12.0 Å². The van der Waals surface area contributed by atoms with Crippen LogP contribution in [0.5, 0.6) is 0 Å². The minimum atomic E-state index is -0.452. The minimum absolute atomic E-state index is 0.234. The topological polar surface area (TPSA) is 58.2 Å². The summed E-state index contributed by atoms with van der Waals surface area (Å²) in [5, 5.41) is 0. The summed E-state index contributed by atoms with van der Waals surface area (Å²) in [5.74, 6) is 1.21. The molecule has 1 atom stereocenters. The highest BCUT2D eigenvalue weighted by Gasteiger charge is 2.31. The van der Waals surface area contributed by atoms with Gasteiger partial charge in [-0.05, 0) is 51.8 Å². The smallest absolute Gasteiger partial charge is 0.410 e. The standard InChI is InChI=1S/C17H23N3O2/c1-11-5-6-13-14(9-11)19-15(18-13)12-7-8-20(10-12)16(21)22-17(2,3)4/h5-6,9,12H,7-8,10H2,1-4H3,(H,18,19). The number of aromatic nitrogens is 2. The Morgan fingerprint density at radius 3 is 2.91 bits per heavy atom. The number of fused-ring (bicyclic) bond motifs is 1. The predicted molar refractivity (Wildman–Crippen MR) is 86.0 cm³/mol. The maximum absolute atomic E-state index is 12.1. The Labute approximate surface area is 130 Å². The third-order valence-corrected chi connectivity index (χ3v) is 3.88. The fourth-order valence-corrected chi connectivity index (χ4v) is 2.81. The second-order valence-corrected chi connectivity index (χ2v) is 7.05. The number of carbonyl (C=O) groups excluding carboxylic acids is 1. The molecule has 0 bridgehead atoms. The van der Waals surface area contributed by atoms with Gasteiger partial charge in [0.05, 0.1) is 11.0 Å². The van der Waals surface area contributed by atoms with E-state index in [1.54, 1.807) is 4.90 Å². The molecule has 1 fully saturated rings. The third-order valence-electron chi connectivity index (χ3n) is 3.88. The zero-order valence-corrected chi connectivity index (χ0v) is 13.6. The van der Waals surface area contributed by atoms with Crippen LogP contribution < -0.4 is 0 Å². The molecule has 3 rings (SSSR count). The van der Waals surface area contributed by atoms with Crippen LogP contribution in [0.2, 0.25) is 0 Å². The number of aryl methyl sites for hydroxylation is 1.